The predicted octanol–water partition coefficient (Wildman–Crippen LogP) is 13.7. The third-order valence-electron chi connectivity index (χ3n) is 13.0. The van der Waals surface area contributed by atoms with Crippen LogP contribution in [0.2, 0.25) is 0 Å². The number of rotatable bonds is 4. The molecule has 2 aliphatic rings. The lowest BCUT2D eigenvalue weighted by molar-refractivity contribution is 0.563. The molecule has 0 N–H and O–H groups in total. The van der Waals surface area contributed by atoms with Crippen molar-refractivity contribution >= 4 is 44.3 Å². The van der Waals surface area contributed by atoms with Crippen molar-refractivity contribution in [2.45, 2.75) is 32.1 Å². The molecule has 3 nitrogen and oxygen atoms in total. The molecule has 1 atom stereocenters. The Hall–Kier alpha value is -6.75. The summed E-state index contributed by atoms with van der Waals surface area (Å²) in [6, 6.07) is 58.6. The number of nitrogens with zero attached hydrogens (tertiary/aromatic N) is 3. The zero-order valence-corrected chi connectivity index (χ0v) is 33.1. The molecule has 0 saturated carbocycles. The quantitative estimate of drug-likeness (QED) is 0.179. The first-order valence-corrected chi connectivity index (χ1v) is 20.8. The summed E-state index contributed by atoms with van der Waals surface area (Å²) in [4.78, 5) is 4.68. The molecule has 0 radical (unpaired) electrons. The molecular formula is C54H37N3S. The number of aryl methyl sites for hydroxylation is 2. The molecule has 12 rings (SSSR count). The van der Waals surface area contributed by atoms with Crippen molar-refractivity contribution in [1.29, 1.82) is 0 Å². The molecule has 0 saturated heterocycles. The maximum absolute atomic E-state index is 4.94. The van der Waals surface area contributed by atoms with E-state index in [1.807, 2.05) is 12.3 Å². The molecular weight excluding hydrogens is 723 g/mol. The maximum Gasteiger partial charge on any atom is 0.113 e. The zero-order chi connectivity index (χ0) is 38.5. The zero-order valence-electron chi connectivity index (χ0n) is 32.3. The van der Waals surface area contributed by atoms with Crippen molar-refractivity contribution in [3.8, 4) is 55.8 Å². The highest BCUT2D eigenvalue weighted by Gasteiger charge is 2.47. The fourth-order valence-electron chi connectivity index (χ4n) is 10.3. The smallest absolute Gasteiger partial charge is 0.113 e. The van der Waals surface area contributed by atoms with E-state index in [9.17, 15) is 0 Å². The van der Waals surface area contributed by atoms with Crippen LogP contribution in [0.15, 0.2) is 164 Å². The van der Waals surface area contributed by atoms with Crippen molar-refractivity contribution in [1.82, 2.24) is 13.7 Å². The van der Waals surface area contributed by atoms with Crippen LogP contribution in [0, 0.1) is 13.8 Å². The lowest BCUT2D eigenvalue weighted by Crippen LogP contribution is -2.26. The van der Waals surface area contributed by atoms with Crippen molar-refractivity contribution in [3.63, 3.8) is 0 Å². The van der Waals surface area contributed by atoms with E-state index >= 15 is 0 Å². The van der Waals surface area contributed by atoms with E-state index in [0.717, 1.165) is 40.7 Å². The van der Waals surface area contributed by atoms with Gasteiger partial charge in [-0.1, -0.05) is 139 Å². The average molecular weight is 760 g/mol. The Balaban J connectivity index is 0.984. The third kappa shape index (κ3) is 4.88. The number of fused-ring (bicyclic) bond motifs is 9. The van der Waals surface area contributed by atoms with Gasteiger partial charge in [-0.3, -0.25) is 4.98 Å². The minimum absolute atomic E-state index is 0.124. The van der Waals surface area contributed by atoms with Crippen LogP contribution in [0.1, 0.15) is 33.4 Å². The Bertz CT molecular complexity index is 3320. The van der Waals surface area contributed by atoms with Gasteiger partial charge in [-0.25, -0.2) is 0 Å². The predicted molar refractivity (Wildman–Crippen MR) is 242 cm³/mol. The molecule has 2 aromatic heterocycles. The summed E-state index contributed by atoms with van der Waals surface area (Å²) in [5.74, 6) is 0. The summed E-state index contributed by atoms with van der Waals surface area (Å²) in [5, 5.41) is 4.96. The van der Waals surface area contributed by atoms with Crippen LogP contribution in [0.3, 0.4) is 0 Å². The molecule has 58 heavy (non-hydrogen) atoms. The minimum atomic E-state index is -0.124. The van der Waals surface area contributed by atoms with Crippen molar-refractivity contribution in [3.05, 3.63) is 197 Å². The Morgan fingerprint density at radius 1 is 0.448 bits per heavy atom. The second kappa shape index (κ2) is 12.6. The molecule has 0 aliphatic heterocycles. The number of benzene rings is 8. The highest BCUT2D eigenvalue weighted by molar-refractivity contribution is 7.00. The summed E-state index contributed by atoms with van der Waals surface area (Å²) in [6.07, 6.45) is 3.85. The van der Waals surface area contributed by atoms with Gasteiger partial charge in [-0.15, -0.1) is 0 Å². The van der Waals surface area contributed by atoms with Crippen LogP contribution in [0.25, 0.3) is 88.3 Å². The van der Waals surface area contributed by atoms with Crippen LogP contribution in [-0.4, -0.2) is 13.7 Å². The van der Waals surface area contributed by atoms with Gasteiger partial charge in [-0.05, 0) is 134 Å². The molecule has 2 heterocycles. The summed E-state index contributed by atoms with van der Waals surface area (Å²) in [7, 11) is 0. The van der Waals surface area contributed by atoms with Crippen molar-refractivity contribution in [2.75, 3.05) is 0 Å². The van der Waals surface area contributed by atoms with Crippen LogP contribution in [0.5, 0.6) is 0 Å². The highest BCUT2D eigenvalue weighted by atomic mass is 32.1. The van der Waals surface area contributed by atoms with Crippen molar-refractivity contribution in [2.24, 2.45) is 0 Å². The summed E-state index contributed by atoms with van der Waals surface area (Å²) >= 11 is 1.29. The Morgan fingerprint density at radius 3 is 1.79 bits per heavy atom. The second-order valence-corrected chi connectivity index (χ2v) is 16.8. The van der Waals surface area contributed by atoms with E-state index < -0.39 is 0 Å². The fraction of sp³-hybridized carbons (Fsp3) is 0.0926. The summed E-state index contributed by atoms with van der Waals surface area (Å²) in [6.45, 7) is 4.41. The number of pyridine rings is 1. The normalized spacial score (nSPS) is 15.3. The monoisotopic (exact) mass is 759 g/mol. The van der Waals surface area contributed by atoms with Gasteiger partial charge < -0.3 is 0 Å². The van der Waals surface area contributed by atoms with Crippen molar-refractivity contribution < 1.29 is 0 Å². The third-order valence-corrected chi connectivity index (χ3v) is 13.6. The highest BCUT2D eigenvalue weighted by Crippen LogP contribution is 2.57. The van der Waals surface area contributed by atoms with Crippen LogP contribution >= 0.6 is 11.7 Å². The first-order valence-electron chi connectivity index (χ1n) is 20.1. The molecule has 8 aromatic carbocycles. The van der Waals surface area contributed by atoms with Gasteiger partial charge in [0.2, 0.25) is 0 Å². The van der Waals surface area contributed by atoms with Gasteiger partial charge in [-0.2, -0.15) is 8.75 Å². The van der Waals surface area contributed by atoms with Crippen LogP contribution in [0.4, 0.5) is 0 Å². The molecule has 4 heteroatoms. The van der Waals surface area contributed by atoms with Gasteiger partial charge in [0, 0.05) is 28.3 Å². The number of hydrogen-bond donors (Lipinski definition) is 0. The van der Waals surface area contributed by atoms with Crippen LogP contribution < -0.4 is 0 Å². The Labute approximate surface area is 341 Å². The molecule has 0 amide bonds. The fourth-order valence-corrected chi connectivity index (χ4v) is 10.9. The summed E-state index contributed by atoms with van der Waals surface area (Å²) < 4.78 is 9.85. The molecule has 0 fully saturated rings. The molecule has 1 spiro atoms. The van der Waals surface area contributed by atoms with Gasteiger partial charge in [0.1, 0.15) is 11.0 Å². The van der Waals surface area contributed by atoms with E-state index in [1.165, 1.54) is 106 Å². The lowest BCUT2D eigenvalue weighted by Gasteiger charge is -2.27. The van der Waals surface area contributed by atoms with E-state index in [4.69, 9.17) is 8.75 Å². The van der Waals surface area contributed by atoms with Gasteiger partial charge >= 0.3 is 0 Å². The standard InChI is InChI=1S/C54H37N3S/c1-32-18-22-45-46-23-21-34(29-50(46)54(49(45)27-32)30-36-20-19-35(28-37(36)31-54)51-17-3-4-26-55-51)39-11-7-14-42-41(39)13-8-16-44(42)48-25-24-47(52-53(48)57-58-56-52)43-15-6-10-38-33(2)9-5-12-40(38)43/h3-29H,30-31H2,1-2H3. The average Bonchev–Trinajstić information content (AvgIpc) is 3.98. The summed E-state index contributed by atoms with van der Waals surface area (Å²) in [5.41, 5.74) is 22.1. The van der Waals surface area contributed by atoms with E-state index in [2.05, 4.69) is 170 Å². The van der Waals surface area contributed by atoms with Gasteiger partial charge in [0.15, 0.2) is 0 Å². The molecule has 1 unspecified atom stereocenters. The second-order valence-electron chi connectivity index (χ2n) is 16.2. The number of hydrogen-bond acceptors (Lipinski definition) is 4. The molecule has 274 valence electrons. The Kier molecular flexibility index (Phi) is 7.27. The van der Waals surface area contributed by atoms with E-state index in [1.54, 1.807) is 0 Å². The van der Waals surface area contributed by atoms with E-state index in [0.29, 0.717) is 0 Å². The largest absolute Gasteiger partial charge is 0.256 e. The van der Waals surface area contributed by atoms with E-state index in [-0.39, 0.29) is 5.41 Å². The van der Waals surface area contributed by atoms with Crippen LogP contribution in [-0.2, 0) is 18.3 Å². The first-order chi connectivity index (χ1) is 28.5. The van der Waals surface area contributed by atoms with Gasteiger partial charge in [0.25, 0.3) is 0 Å². The Morgan fingerprint density at radius 2 is 1.05 bits per heavy atom. The maximum atomic E-state index is 4.94. The topological polar surface area (TPSA) is 38.7 Å². The minimum Gasteiger partial charge on any atom is -0.256 e. The van der Waals surface area contributed by atoms with Gasteiger partial charge in [0.05, 0.1) is 17.4 Å². The lowest BCUT2D eigenvalue weighted by atomic mass is 9.74. The molecule has 2 aliphatic carbocycles. The first kappa shape index (κ1) is 33.4. The molecule has 10 aromatic rings. The SMILES string of the molecule is Cc1ccc2c(c1)C1(Cc3ccc(-c4ccccn4)cc3C1)c1cc(-c3cccc4c(-c5ccc(-c6cccc7c(C)cccc67)c6nsnc56)cccc34)ccc1-2. The molecule has 0 bridgehead atoms. The number of aromatic nitrogens is 3.